The number of nitrogens with zero attached hydrogens (tertiary/aromatic N) is 1. The zero-order valence-electron chi connectivity index (χ0n) is 11.7. The van der Waals surface area contributed by atoms with Crippen molar-refractivity contribution in [3.63, 3.8) is 0 Å². The summed E-state index contributed by atoms with van der Waals surface area (Å²) in [7, 11) is 0. The van der Waals surface area contributed by atoms with Crippen molar-refractivity contribution < 1.29 is 0 Å². The van der Waals surface area contributed by atoms with Gasteiger partial charge in [-0.15, -0.1) is 11.3 Å². The van der Waals surface area contributed by atoms with E-state index in [1.54, 1.807) is 11.3 Å². The van der Waals surface area contributed by atoms with E-state index in [2.05, 4.69) is 29.5 Å². The summed E-state index contributed by atoms with van der Waals surface area (Å²) in [6.45, 7) is 7.30. The largest absolute Gasteiger partial charge is 0.330 e. The number of nitrogens with one attached hydrogen (secondary N) is 1. The van der Waals surface area contributed by atoms with Crippen LogP contribution in [0.2, 0.25) is 0 Å². The fourth-order valence-electron chi connectivity index (χ4n) is 2.17. The number of aryl methyl sites for hydroxylation is 1. The minimum Gasteiger partial charge on any atom is -0.330 e. The van der Waals surface area contributed by atoms with Crippen molar-refractivity contribution in [1.29, 1.82) is 0 Å². The highest BCUT2D eigenvalue weighted by Gasteiger charge is 2.04. The minimum absolute atomic E-state index is 0.818. The molecule has 104 valence electrons. The van der Waals surface area contributed by atoms with Crippen LogP contribution in [-0.4, -0.2) is 24.6 Å². The first-order chi connectivity index (χ1) is 8.76. The Morgan fingerprint density at radius 1 is 1.39 bits per heavy atom. The van der Waals surface area contributed by atoms with Gasteiger partial charge in [-0.1, -0.05) is 13.3 Å². The van der Waals surface area contributed by atoms with E-state index >= 15 is 0 Å². The van der Waals surface area contributed by atoms with Gasteiger partial charge in [0.1, 0.15) is 0 Å². The molecule has 0 saturated carbocycles. The lowest BCUT2D eigenvalue weighted by molar-refractivity contribution is 0.423. The highest BCUT2D eigenvalue weighted by atomic mass is 32.1. The Morgan fingerprint density at radius 3 is 2.83 bits per heavy atom. The molecule has 1 heterocycles. The van der Waals surface area contributed by atoms with Crippen molar-refractivity contribution in [2.24, 2.45) is 11.7 Å². The fraction of sp³-hybridized carbons (Fsp3) is 0.786. The molecule has 1 atom stereocenters. The Balaban J connectivity index is 1.98. The Morgan fingerprint density at radius 2 is 2.22 bits per heavy atom. The van der Waals surface area contributed by atoms with Crippen LogP contribution in [0.25, 0.3) is 0 Å². The molecule has 0 saturated heterocycles. The molecule has 0 aliphatic rings. The van der Waals surface area contributed by atoms with Crippen molar-refractivity contribution >= 4 is 11.3 Å². The zero-order chi connectivity index (χ0) is 13.2. The van der Waals surface area contributed by atoms with Crippen LogP contribution in [0.5, 0.6) is 0 Å². The Kier molecular flexibility index (Phi) is 8.22. The van der Waals surface area contributed by atoms with Gasteiger partial charge in [-0.3, -0.25) is 0 Å². The van der Waals surface area contributed by atoms with Crippen LogP contribution in [-0.2, 0) is 6.42 Å². The maximum absolute atomic E-state index is 5.60. The lowest BCUT2D eigenvalue weighted by atomic mass is 9.97. The second-order valence-corrected chi connectivity index (χ2v) is 5.91. The van der Waals surface area contributed by atoms with Crippen LogP contribution in [0.1, 0.15) is 43.3 Å². The quantitative estimate of drug-likeness (QED) is 0.642. The topological polar surface area (TPSA) is 50.9 Å². The maximum Gasteiger partial charge on any atom is 0.0897 e. The summed E-state index contributed by atoms with van der Waals surface area (Å²) in [5.74, 6) is 0.818. The van der Waals surface area contributed by atoms with Gasteiger partial charge in [0.15, 0.2) is 0 Å². The predicted octanol–water partition coefficient (Wildman–Crippen LogP) is 2.74. The molecule has 3 nitrogen and oxygen atoms in total. The van der Waals surface area contributed by atoms with E-state index in [0.717, 1.165) is 37.0 Å². The second kappa shape index (κ2) is 9.48. The van der Waals surface area contributed by atoms with E-state index in [4.69, 9.17) is 5.73 Å². The summed E-state index contributed by atoms with van der Waals surface area (Å²) >= 11 is 1.73. The van der Waals surface area contributed by atoms with Gasteiger partial charge in [0.05, 0.1) is 10.7 Å². The molecular weight excluding hydrogens is 242 g/mol. The standard InChI is InChI=1S/C14H27N3S/c1-3-13(6-8-15)5-4-9-16-10-7-14-11-18-12(2)17-14/h11,13,16H,3-10,15H2,1-2H3. The van der Waals surface area contributed by atoms with E-state index < -0.39 is 0 Å². The molecule has 0 bridgehead atoms. The molecule has 0 spiro atoms. The molecule has 4 heteroatoms. The molecule has 1 rings (SSSR count). The van der Waals surface area contributed by atoms with Gasteiger partial charge in [-0.25, -0.2) is 4.98 Å². The minimum atomic E-state index is 0.818. The average molecular weight is 269 g/mol. The van der Waals surface area contributed by atoms with Crippen LogP contribution in [0, 0.1) is 12.8 Å². The van der Waals surface area contributed by atoms with Crippen LogP contribution in [0.4, 0.5) is 0 Å². The molecule has 0 aliphatic heterocycles. The molecule has 0 aliphatic carbocycles. The lowest BCUT2D eigenvalue weighted by Crippen LogP contribution is -2.19. The molecule has 1 aromatic heterocycles. The number of hydrogen-bond acceptors (Lipinski definition) is 4. The van der Waals surface area contributed by atoms with Gasteiger partial charge in [0.2, 0.25) is 0 Å². The Hall–Kier alpha value is -0.450. The maximum atomic E-state index is 5.60. The van der Waals surface area contributed by atoms with Gasteiger partial charge >= 0.3 is 0 Å². The SMILES string of the molecule is CCC(CCN)CCCNCCc1csc(C)n1. The monoisotopic (exact) mass is 269 g/mol. The van der Waals surface area contributed by atoms with E-state index in [9.17, 15) is 0 Å². The van der Waals surface area contributed by atoms with E-state index in [-0.39, 0.29) is 0 Å². The van der Waals surface area contributed by atoms with Crippen LogP contribution >= 0.6 is 11.3 Å². The van der Waals surface area contributed by atoms with E-state index in [1.165, 1.54) is 31.4 Å². The third kappa shape index (κ3) is 6.47. The zero-order valence-corrected chi connectivity index (χ0v) is 12.6. The van der Waals surface area contributed by atoms with Gasteiger partial charge in [-0.2, -0.15) is 0 Å². The first-order valence-electron chi connectivity index (χ1n) is 7.08. The number of aromatic nitrogens is 1. The summed E-state index contributed by atoms with van der Waals surface area (Å²) in [6.07, 6.45) is 6.04. The van der Waals surface area contributed by atoms with E-state index in [0.29, 0.717) is 0 Å². The van der Waals surface area contributed by atoms with Gasteiger partial charge < -0.3 is 11.1 Å². The van der Waals surface area contributed by atoms with Crippen LogP contribution in [0.3, 0.4) is 0 Å². The summed E-state index contributed by atoms with van der Waals surface area (Å²) in [4.78, 5) is 4.46. The van der Waals surface area contributed by atoms with Gasteiger partial charge in [0, 0.05) is 18.3 Å². The highest BCUT2D eigenvalue weighted by molar-refractivity contribution is 7.09. The smallest absolute Gasteiger partial charge is 0.0897 e. The molecule has 3 N–H and O–H groups in total. The highest BCUT2D eigenvalue weighted by Crippen LogP contribution is 2.13. The predicted molar refractivity (Wildman–Crippen MR) is 80.1 cm³/mol. The average Bonchev–Trinajstić information content (AvgIpc) is 2.78. The number of rotatable bonds is 10. The third-order valence-corrected chi connectivity index (χ3v) is 4.17. The lowest BCUT2D eigenvalue weighted by Gasteiger charge is -2.13. The van der Waals surface area contributed by atoms with Crippen LogP contribution < -0.4 is 11.1 Å². The summed E-state index contributed by atoms with van der Waals surface area (Å²) in [6, 6.07) is 0. The number of nitrogens with two attached hydrogens (primary N) is 1. The normalized spacial score (nSPS) is 12.8. The molecule has 18 heavy (non-hydrogen) atoms. The Labute approximate surface area is 115 Å². The van der Waals surface area contributed by atoms with Crippen molar-refractivity contribution in [2.75, 3.05) is 19.6 Å². The molecule has 1 unspecified atom stereocenters. The number of hydrogen-bond donors (Lipinski definition) is 2. The molecule has 0 amide bonds. The van der Waals surface area contributed by atoms with Gasteiger partial charge in [0.25, 0.3) is 0 Å². The van der Waals surface area contributed by atoms with Crippen molar-refractivity contribution in [3.05, 3.63) is 16.1 Å². The second-order valence-electron chi connectivity index (χ2n) is 4.85. The third-order valence-electron chi connectivity index (χ3n) is 3.34. The van der Waals surface area contributed by atoms with Crippen molar-refractivity contribution in [3.8, 4) is 0 Å². The van der Waals surface area contributed by atoms with Crippen molar-refractivity contribution in [2.45, 2.75) is 46.0 Å². The molecule has 0 radical (unpaired) electrons. The van der Waals surface area contributed by atoms with Crippen LogP contribution in [0.15, 0.2) is 5.38 Å². The summed E-state index contributed by atoms with van der Waals surface area (Å²) in [5, 5.41) is 6.82. The van der Waals surface area contributed by atoms with Gasteiger partial charge in [-0.05, 0) is 45.2 Å². The van der Waals surface area contributed by atoms with Crippen molar-refractivity contribution in [1.82, 2.24) is 10.3 Å². The Bertz CT molecular complexity index is 312. The molecule has 0 fully saturated rings. The molecule has 1 aromatic rings. The summed E-state index contributed by atoms with van der Waals surface area (Å²) in [5.41, 5.74) is 6.82. The summed E-state index contributed by atoms with van der Waals surface area (Å²) < 4.78 is 0. The number of thiazole rings is 1. The first kappa shape index (κ1) is 15.6. The molecule has 0 aromatic carbocycles. The fourth-order valence-corrected chi connectivity index (χ4v) is 2.82. The first-order valence-corrected chi connectivity index (χ1v) is 7.96. The molecular formula is C14H27N3S. The van der Waals surface area contributed by atoms with E-state index in [1.807, 2.05) is 0 Å².